The smallest absolute Gasteiger partial charge is 0.0677 e. The van der Waals surface area contributed by atoms with Gasteiger partial charge in [-0.1, -0.05) is 118 Å². The molecule has 0 saturated carbocycles. The van der Waals surface area contributed by atoms with Gasteiger partial charge in [0.05, 0.1) is 11.4 Å². The summed E-state index contributed by atoms with van der Waals surface area (Å²) in [7, 11) is 0. The first-order chi connectivity index (χ1) is 16.7. The molecule has 1 unspecified atom stereocenters. The highest BCUT2D eigenvalue weighted by atomic mass is 79.9. The summed E-state index contributed by atoms with van der Waals surface area (Å²) in [4.78, 5) is 0. The van der Waals surface area contributed by atoms with Crippen molar-refractivity contribution >= 4 is 15.9 Å². The highest BCUT2D eigenvalue weighted by molar-refractivity contribution is 9.10. The Morgan fingerprint density at radius 3 is 2.03 bits per heavy atom. The van der Waals surface area contributed by atoms with Gasteiger partial charge in [0.2, 0.25) is 0 Å². The molecule has 0 saturated heterocycles. The molecule has 0 bridgehead atoms. The first-order valence-electron chi connectivity index (χ1n) is 12.5. The second-order valence-electron chi connectivity index (χ2n) is 8.93. The summed E-state index contributed by atoms with van der Waals surface area (Å²) in [6, 6.07) is 32.5. The highest BCUT2D eigenvalue weighted by Crippen LogP contribution is 2.39. The summed E-state index contributed by atoms with van der Waals surface area (Å²) in [5.74, 6) is 0.411. The van der Waals surface area contributed by atoms with Crippen LogP contribution in [0.5, 0.6) is 0 Å². The summed E-state index contributed by atoms with van der Waals surface area (Å²) in [5, 5.41) is 0. The van der Waals surface area contributed by atoms with Crippen molar-refractivity contribution in [2.75, 3.05) is 0 Å². The molecule has 0 aliphatic carbocycles. The molecular weight excluding hydrogens is 478 g/mol. The van der Waals surface area contributed by atoms with E-state index in [1.807, 2.05) is 0 Å². The van der Waals surface area contributed by atoms with Crippen molar-refractivity contribution in [1.82, 2.24) is 4.57 Å². The van der Waals surface area contributed by atoms with Crippen molar-refractivity contribution in [3.05, 3.63) is 114 Å². The summed E-state index contributed by atoms with van der Waals surface area (Å²) >= 11 is 3.86. The summed E-state index contributed by atoms with van der Waals surface area (Å²) in [6.45, 7) is 6.40. The molecule has 34 heavy (non-hydrogen) atoms. The van der Waals surface area contributed by atoms with Crippen molar-refractivity contribution in [2.24, 2.45) is 0 Å². The fourth-order valence-electron chi connectivity index (χ4n) is 4.69. The van der Waals surface area contributed by atoms with E-state index in [2.05, 4.69) is 131 Å². The third kappa shape index (κ3) is 5.62. The molecule has 0 fully saturated rings. The second-order valence-corrected chi connectivity index (χ2v) is 9.78. The van der Waals surface area contributed by atoms with E-state index in [-0.39, 0.29) is 0 Å². The van der Waals surface area contributed by atoms with Crippen LogP contribution >= 0.6 is 15.9 Å². The Labute approximate surface area is 213 Å². The molecule has 174 valence electrons. The van der Waals surface area contributed by atoms with Crippen molar-refractivity contribution < 1.29 is 0 Å². The summed E-state index contributed by atoms with van der Waals surface area (Å²) in [5.41, 5.74) is 7.25. The van der Waals surface area contributed by atoms with Crippen LogP contribution in [0.3, 0.4) is 0 Å². The SMILES string of the molecule is C=CC(CCCCCCC)c1ccc(-n2c(-c3ccccc3)cc(Br)c2-c2ccccc2)cc1. The van der Waals surface area contributed by atoms with Crippen LogP contribution in [0, 0.1) is 0 Å². The molecule has 4 aromatic rings. The highest BCUT2D eigenvalue weighted by Gasteiger charge is 2.18. The Morgan fingerprint density at radius 2 is 1.41 bits per heavy atom. The number of aromatic nitrogens is 1. The van der Waals surface area contributed by atoms with Crippen LogP contribution in [0.1, 0.15) is 56.9 Å². The zero-order valence-electron chi connectivity index (χ0n) is 20.1. The first-order valence-corrected chi connectivity index (χ1v) is 13.3. The van der Waals surface area contributed by atoms with Crippen LogP contribution < -0.4 is 0 Å². The Bertz CT molecular complexity index is 1170. The third-order valence-corrected chi connectivity index (χ3v) is 7.16. The molecule has 2 heteroatoms. The maximum Gasteiger partial charge on any atom is 0.0677 e. The van der Waals surface area contributed by atoms with Gasteiger partial charge in [-0.25, -0.2) is 0 Å². The van der Waals surface area contributed by atoms with Gasteiger partial charge in [-0.05, 0) is 57.2 Å². The number of hydrogen-bond donors (Lipinski definition) is 0. The average Bonchev–Trinajstić information content (AvgIpc) is 3.24. The minimum atomic E-state index is 0.411. The van der Waals surface area contributed by atoms with Gasteiger partial charge >= 0.3 is 0 Å². The topological polar surface area (TPSA) is 4.93 Å². The average molecular weight is 513 g/mol. The molecule has 0 spiro atoms. The monoisotopic (exact) mass is 511 g/mol. The van der Waals surface area contributed by atoms with E-state index in [1.54, 1.807) is 0 Å². The number of halogens is 1. The molecule has 1 heterocycles. The molecule has 3 aromatic carbocycles. The van der Waals surface area contributed by atoms with Gasteiger partial charge < -0.3 is 4.57 Å². The van der Waals surface area contributed by atoms with Gasteiger partial charge in [-0.15, -0.1) is 6.58 Å². The number of nitrogens with zero attached hydrogens (tertiary/aromatic N) is 1. The third-order valence-electron chi connectivity index (χ3n) is 6.55. The maximum atomic E-state index is 4.13. The maximum absolute atomic E-state index is 4.13. The molecule has 0 amide bonds. The van der Waals surface area contributed by atoms with Crippen molar-refractivity contribution in [3.63, 3.8) is 0 Å². The Hall–Kier alpha value is -2.84. The Kier molecular flexibility index (Phi) is 8.60. The van der Waals surface area contributed by atoms with Gasteiger partial charge in [0, 0.05) is 16.1 Å². The van der Waals surface area contributed by atoms with Gasteiger partial charge in [0.1, 0.15) is 0 Å². The van der Waals surface area contributed by atoms with E-state index < -0.39 is 0 Å². The summed E-state index contributed by atoms with van der Waals surface area (Å²) < 4.78 is 3.46. The van der Waals surface area contributed by atoms with Crippen molar-refractivity contribution in [3.8, 4) is 28.2 Å². The zero-order chi connectivity index (χ0) is 23.8. The number of allylic oxidation sites excluding steroid dienone is 1. The van der Waals surface area contributed by atoms with Crippen molar-refractivity contribution in [2.45, 2.75) is 51.4 Å². The van der Waals surface area contributed by atoms with Crippen LogP contribution in [0.15, 0.2) is 108 Å². The predicted octanol–water partition coefficient (Wildman–Crippen LogP) is 10.2. The van der Waals surface area contributed by atoms with E-state index >= 15 is 0 Å². The second kappa shape index (κ2) is 12.0. The zero-order valence-corrected chi connectivity index (χ0v) is 21.7. The van der Waals surface area contributed by atoms with Crippen LogP contribution in [-0.2, 0) is 0 Å². The Morgan fingerprint density at radius 1 is 0.794 bits per heavy atom. The molecular formula is C32H34BrN. The lowest BCUT2D eigenvalue weighted by molar-refractivity contribution is 0.586. The quantitative estimate of drug-likeness (QED) is 0.139. The van der Waals surface area contributed by atoms with E-state index in [9.17, 15) is 0 Å². The molecule has 0 radical (unpaired) electrons. The van der Waals surface area contributed by atoms with Crippen molar-refractivity contribution in [1.29, 1.82) is 0 Å². The van der Waals surface area contributed by atoms with Crippen LogP contribution in [-0.4, -0.2) is 4.57 Å². The minimum Gasteiger partial charge on any atom is -0.308 e. The molecule has 0 N–H and O–H groups in total. The molecule has 4 rings (SSSR count). The van der Waals surface area contributed by atoms with Gasteiger partial charge in [0.15, 0.2) is 0 Å². The molecule has 1 atom stereocenters. The van der Waals surface area contributed by atoms with E-state index in [1.165, 1.54) is 66.6 Å². The number of benzene rings is 3. The number of hydrogen-bond acceptors (Lipinski definition) is 0. The lowest BCUT2D eigenvalue weighted by atomic mass is 9.93. The van der Waals surface area contributed by atoms with Gasteiger partial charge in [0.25, 0.3) is 0 Å². The normalized spacial score (nSPS) is 11.9. The van der Waals surface area contributed by atoms with E-state index in [4.69, 9.17) is 0 Å². The summed E-state index contributed by atoms with van der Waals surface area (Å²) in [6.07, 6.45) is 9.84. The Balaban J connectivity index is 1.69. The van der Waals surface area contributed by atoms with E-state index in [0.717, 1.165) is 10.2 Å². The van der Waals surface area contributed by atoms with Gasteiger partial charge in [-0.3, -0.25) is 0 Å². The molecule has 0 aliphatic rings. The fraction of sp³-hybridized carbons (Fsp3) is 0.250. The predicted molar refractivity (Wildman–Crippen MR) is 151 cm³/mol. The molecule has 1 aromatic heterocycles. The van der Waals surface area contributed by atoms with Crippen LogP contribution in [0.4, 0.5) is 0 Å². The minimum absolute atomic E-state index is 0.411. The number of rotatable bonds is 11. The fourth-order valence-corrected chi connectivity index (χ4v) is 5.31. The largest absolute Gasteiger partial charge is 0.308 e. The molecule has 0 aliphatic heterocycles. The first kappa shape index (κ1) is 24.3. The van der Waals surface area contributed by atoms with Crippen LogP contribution in [0.25, 0.3) is 28.2 Å². The van der Waals surface area contributed by atoms with E-state index in [0.29, 0.717) is 5.92 Å². The lowest BCUT2D eigenvalue weighted by Crippen LogP contribution is -2.01. The van der Waals surface area contributed by atoms with Gasteiger partial charge in [-0.2, -0.15) is 0 Å². The lowest BCUT2D eigenvalue weighted by Gasteiger charge is -2.17. The molecule has 1 nitrogen and oxygen atoms in total. The number of unbranched alkanes of at least 4 members (excludes halogenated alkanes) is 4. The van der Waals surface area contributed by atoms with Crippen LogP contribution in [0.2, 0.25) is 0 Å². The standard InChI is InChI=1S/C32H34BrN/c1-3-5-6-7-10-15-25(4-2)26-20-22-29(23-21-26)34-31(27-16-11-8-12-17-27)24-30(33)32(34)28-18-13-9-14-19-28/h4,8-9,11-14,16-25H,2-3,5-7,10,15H2,1H3.